The van der Waals surface area contributed by atoms with Gasteiger partial charge in [0.1, 0.15) is 15.4 Å². The van der Waals surface area contributed by atoms with Crippen LogP contribution in [0.15, 0.2) is 34.5 Å². The van der Waals surface area contributed by atoms with Crippen LogP contribution < -0.4 is 5.73 Å². The van der Waals surface area contributed by atoms with E-state index in [1.54, 1.807) is 18.6 Å². The predicted molar refractivity (Wildman–Crippen MR) is 110 cm³/mol. The number of unbranched alkanes of at least 4 members (excludes halogenated alkanes) is 1. The molecule has 0 saturated carbocycles. The van der Waals surface area contributed by atoms with E-state index in [1.807, 2.05) is 5.38 Å². The van der Waals surface area contributed by atoms with Crippen LogP contribution >= 0.6 is 22.7 Å². The molecule has 0 fully saturated rings. The van der Waals surface area contributed by atoms with Crippen molar-refractivity contribution in [3.05, 3.63) is 30.3 Å². The summed E-state index contributed by atoms with van der Waals surface area (Å²) in [6, 6.07) is 0. The van der Waals surface area contributed by atoms with Crippen LogP contribution in [-0.4, -0.2) is 34.9 Å². The third kappa shape index (κ3) is 3.47. The number of thiazole rings is 1. The highest BCUT2D eigenvalue weighted by Gasteiger charge is 2.22. The number of nitrogens with zero attached hydrogens (tertiary/aromatic N) is 5. The molecule has 10 heteroatoms. The fourth-order valence-electron chi connectivity index (χ4n) is 2.60. The summed E-state index contributed by atoms with van der Waals surface area (Å²) in [7, 11) is -1.15. The zero-order chi connectivity index (χ0) is 18.8. The molecule has 138 valence electrons. The summed E-state index contributed by atoms with van der Waals surface area (Å²) in [6.07, 6.45) is 8.42. The third-order valence-corrected chi connectivity index (χ3v) is 7.67. The molecule has 7 nitrogen and oxygen atoms in total. The van der Waals surface area contributed by atoms with E-state index in [4.69, 9.17) is 10.7 Å². The molecule has 0 amide bonds. The summed E-state index contributed by atoms with van der Waals surface area (Å²) in [5, 5.41) is 3.30. The van der Waals surface area contributed by atoms with Crippen molar-refractivity contribution in [1.29, 1.82) is 0 Å². The molecule has 0 aliphatic carbocycles. The maximum absolute atomic E-state index is 12.7. The Hall–Kier alpha value is -2.30. The third-order valence-electron chi connectivity index (χ3n) is 3.90. The molecule has 27 heavy (non-hydrogen) atoms. The Labute approximate surface area is 166 Å². The van der Waals surface area contributed by atoms with Gasteiger partial charge in [0, 0.05) is 35.3 Å². The van der Waals surface area contributed by atoms with E-state index < -0.39 is 10.8 Å². The van der Waals surface area contributed by atoms with E-state index in [1.165, 1.54) is 29.0 Å². The Balaban J connectivity index is 1.95. The second kappa shape index (κ2) is 7.75. The number of hydrogen-bond donors (Lipinski definition) is 1. The highest BCUT2D eigenvalue weighted by atomic mass is 32.2. The van der Waals surface area contributed by atoms with Crippen molar-refractivity contribution in [2.75, 3.05) is 11.5 Å². The Morgan fingerprint density at radius 2 is 2.04 bits per heavy atom. The highest BCUT2D eigenvalue weighted by molar-refractivity contribution is 7.87. The van der Waals surface area contributed by atoms with Gasteiger partial charge in [-0.15, -0.1) is 22.7 Å². The lowest BCUT2D eigenvalue weighted by Crippen LogP contribution is -1.99. The van der Waals surface area contributed by atoms with Gasteiger partial charge in [0.2, 0.25) is 0 Å². The summed E-state index contributed by atoms with van der Waals surface area (Å²) < 4.78 is 13.4. The fraction of sp³-hybridized carbons (Fsp3) is 0.235. The van der Waals surface area contributed by atoms with Gasteiger partial charge in [0.05, 0.1) is 27.6 Å². The minimum Gasteiger partial charge on any atom is -0.396 e. The summed E-state index contributed by atoms with van der Waals surface area (Å²) in [6.45, 7) is 2.07. The monoisotopic (exact) mass is 416 g/mol. The maximum Gasteiger partial charge on any atom is 0.190 e. The zero-order valence-electron chi connectivity index (χ0n) is 14.5. The van der Waals surface area contributed by atoms with Gasteiger partial charge >= 0.3 is 0 Å². The van der Waals surface area contributed by atoms with Crippen molar-refractivity contribution in [2.24, 2.45) is 0 Å². The summed E-state index contributed by atoms with van der Waals surface area (Å²) in [5.74, 6) is 1.10. The number of rotatable bonds is 6. The molecule has 0 aliphatic rings. The van der Waals surface area contributed by atoms with Crippen LogP contribution in [0.3, 0.4) is 0 Å². The smallest absolute Gasteiger partial charge is 0.190 e. The van der Waals surface area contributed by atoms with Crippen molar-refractivity contribution < 1.29 is 4.21 Å². The van der Waals surface area contributed by atoms with Gasteiger partial charge < -0.3 is 5.73 Å². The van der Waals surface area contributed by atoms with Crippen molar-refractivity contribution in [2.45, 2.75) is 24.0 Å². The van der Waals surface area contributed by atoms with E-state index in [0.29, 0.717) is 37.4 Å². The Morgan fingerprint density at radius 3 is 2.74 bits per heavy atom. The molecular weight excluding hydrogens is 400 g/mol. The van der Waals surface area contributed by atoms with E-state index in [-0.39, 0.29) is 0 Å². The molecule has 4 aromatic heterocycles. The molecule has 1 atom stereocenters. The molecule has 0 bridgehead atoms. The van der Waals surface area contributed by atoms with Crippen LogP contribution in [0.5, 0.6) is 0 Å². The van der Waals surface area contributed by atoms with E-state index in [9.17, 15) is 4.21 Å². The molecule has 0 aromatic carbocycles. The average Bonchev–Trinajstić information content (AvgIpc) is 3.35. The van der Waals surface area contributed by atoms with Crippen LogP contribution in [-0.2, 0) is 10.8 Å². The lowest BCUT2D eigenvalue weighted by atomic mass is 10.1. The quantitative estimate of drug-likeness (QED) is 0.510. The molecule has 4 heterocycles. The topological polar surface area (TPSA) is 108 Å². The van der Waals surface area contributed by atoms with Gasteiger partial charge in [-0.3, -0.25) is 4.21 Å². The second-order valence-electron chi connectivity index (χ2n) is 5.75. The van der Waals surface area contributed by atoms with Crippen LogP contribution in [0, 0.1) is 0 Å². The molecule has 1 unspecified atom stereocenters. The minimum atomic E-state index is -1.15. The summed E-state index contributed by atoms with van der Waals surface area (Å²) in [5.41, 5.74) is 8.25. The number of thiophene rings is 1. The largest absolute Gasteiger partial charge is 0.396 e. The standard InChI is InChI=1S/C17H16N6OS3/c1-2-3-6-27(24)17-12(18)11-13(10-7-19-9-20-8-10)22-14(23-15(11)26-17)16-21-4-5-25-16/h4-5,7-9H,2-3,6,18H2,1H3. The number of anilines is 1. The zero-order valence-corrected chi connectivity index (χ0v) is 16.9. The van der Waals surface area contributed by atoms with E-state index >= 15 is 0 Å². The van der Waals surface area contributed by atoms with Crippen LogP contribution in [0.25, 0.3) is 32.3 Å². The van der Waals surface area contributed by atoms with Crippen LogP contribution in [0.2, 0.25) is 0 Å². The number of nitrogens with two attached hydrogens (primary N) is 1. The lowest BCUT2D eigenvalue weighted by molar-refractivity contribution is 0.681. The summed E-state index contributed by atoms with van der Waals surface area (Å²) in [4.78, 5) is 22.5. The molecule has 0 aliphatic heterocycles. The van der Waals surface area contributed by atoms with E-state index in [0.717, 1.165) is 23.4 Å². The number of fused-ring (bicyclic) bond motifs is 1. The SMILES string of the molecule is CCCCS(=O)c1sc2nc(-c3nccs3)nc(-c3cncnc3)c2c1N. The van der Waals surface area contributed by atoms with Gasteiger partial charge in [0.25, 0.3) is 0 Å². The van der Waals surface area contributed by atoms with Gasteiger partial charge in [-0.1, -0.05) is 13.3 Å². The van der Waals surface area contributed by atoms with Gasteiger partial charge in [-0.05, 0) is 6.42 Å². The van der Waals surface area contributed by atoms with Crippen molar-refractivity contribution in [3.63, 3.8) is 0 Å². The number of hydrogen-bond acceptors (Lipinski definition) is 9. The van der Waals surface area contributed by atoms with Crippen molar-refractivity contribution in [3.8, 4) is 22.1 Å². The van der Waals surface area contributed by atoms with Crippen LogP contribution in [0.1, 0.15) is 19.8 Å². The van der Waals surface area contributed by atoms with Crippen molar-refractivity contribution >= 4 is 49.4 Å². The Kier molecular flexibility index (Phi) is 5.19. The molecule has 0 spiro atoms. The van der Waals surface area contributed by atoms with Crippen molar-refractivity contribution in [1.82, 2.24) is 24.9 Å². The molecule has 4 rings (SSSR count). The number of nitrogen functional groups attached to an aromatic ring is 1. The minimum absolute atomic E-state index is 0.481. The first-order valence-corrected chi connectivity index (χ1v) is 11.3. The normalized spacial score (nSPS) is 12.5. The first-order chi connectivity index (χ1) is 13.2. The Morgan fingerprint density at radius 1 is 1.22 bits per heavy atom. The lowest BCUT2D eigenvalue weighted by Gasteiger charge is -2.05. The molecule has 0 radical (unpaired) electrons. The fourth-order valence-corrected chi connectivity index (χ4v) is 5.94. The molecule has 0 saturated heterocycles. The Bertz CT molecular complexity index is 1100. The second-order valence-corrected chi connectivity index (χ2v) is 9.41. The van der Waals surface area contributed by atoms with Gasteiger partial charge in [-0.25, -0.2) is 24.9 Å². The first-order valence-electron chi connectivity index (χ1n) is 8.32. The summed E-state index contributed by atoms with van der Waals surface area (Å²) >= 11 is 2.83. The maximum atomic E-state index is 12.7. The average molecular weight is 417 g/mol. The first kappa shape index (κ1) is 18.1. The molecule has 2 N–H and O–H groups in total. The van der Waals surface area contributed by atoms with Crippen LogP contribution in [0.4, 0.5) is 5.69 Å². The number of aromatic nitrogens is 5. The van der Waals surface area contributed by atoms with Gasteiger partial charge in [-0.2, -0.15) is 0 Å². The predicted octanol–water partition coefficient (Wildman–Crippen LogP) is 3.76. The molecular formula is C17H16N6OS3. The molecule has 4 aromatic rings. The van der Waals surface area contributed by atoms with Gasteiger partial charge in [0.15, 0.2) is 10.8 Å². The van der Waals surface area contributed by atoms with E-state index in [2.05, 4.69) is 26.9 Å². The highest BCUT2D eigenvalue weighted by Crippen LogP contribution is 2.41.